The van der Waals surface area contributed by atoms with Crippen LogP contribution in [0, 0.1) is 0 Å². The summed E-state index contributed by atoms with van der Waals surface area (Å²) in [5.74, 6) is 0. The lowest BCUT2D eigenvalue weighted by Crippen LogP contribution is -2.37. The van der Waals surface area contributed by atoms with Crippen molar-refractivity contribution in [3.05, 3.63) is 62.7 Å². The predicted molar refractivity (Wildman–Crippen MR) is 89.1 cm³/mol. The molecule has 0 aliphatic rings. The monoisotopic (exact) mass is 332 g/mol. The van der Waals surface area contributed by atoms with E-state index in [1.54, 1.807) is 33.6 Å². The van der Waals surface area contributed by atoms with Gasteiger partial charge in [-0.05, 0) is 22.9 Å². The SMILES string of the molecule is Cn1cc(CNC(=O)NC(c2cccs2)c2cccs2)cn1. The van der Waals surface area contributed by atoms with Crippen LogP contribution in [0.4, 0.5) is 4.79 Å². The molecule has 2 N–H and O–H groups in total. The van der Waals surface area contributed by atoms with Gasteiger partial charge in [0.1, 0.15) is 0 Å². The van der Waals surface area contributed by atoms with Crippen molar-refractivity contribution in [3.8, 4) is 0 Å². The van der Waals surface area contributed by atoms with Crippen molar-refractivity contribution in [3.63, 3.8) is 0 Å². The Bertz CT molecular complexity index is 684. The fourth-order valence-electron chi connectivity index (χ4n) is 2.12. The normalized spacial score (nSPS) is 10.8. The smallest absolute Gasteiger partial charge is 0.315 e. The van der Waals surface area contributed by atoms with Crippen LogP contribution in [0.1, 0.15) is 21.4 Å². The van der Waals surface area contributed by atoms with E-state index in [4.69, 9.17) is 0 Å². The van der Waals surface area contributed by atoms with E-state index in [1.807, 2.05) is 48.3 Å². The number of nitrogens with zero attached hydrogens (tertiary/aromatic N) is 2. The van der Waals surface area contributed by atoms with Crippen LogP contribution in [0.25, 0.3) is 0 Å². The van der Waals surface area contributed by atoms with Gasteiger partial charge in [0, 0.05) is 35.1 Å². The number of carbonyl (C=O) groups is 1. The van der Waals surface area contributed by atoms with Crippen molar-refractivity contribution in [2.75, 3.05) is 0 Å². The minimum Gasteiger partial charge on any atom is -0.334 e. The summed E-state index contributed by atoms with van der Waals surface area (Å²) in [5.41, 5.74) is 0.974. The number of carbonyl (C=O) groups excluding carboxylic acids is 1. The van der Waals surface area contributed by atoms with Gasteiger partial charge in [-0.3, -0.25) is 4.68 Å². The van der Waals surface area contributed by atoms with Crippen LogP contribution >= 0.6 is 22.7 Å². The summed E-state index contributed by atoms with van der Waals surface area (Å²) in [4.78, 5) is 14.4. The maximum atomic E-state index is 12.2. The minimum absolute atomic E-state index is 0.103. The van der Waals surface area contributed by atoms with Crippen molar-refractivity contribution in [2.45, 2.75) is 12.6 Å². The van der Waals surface area contributed by atoms with Gasteiger partial charge in [0.15, 0.2) is 0 Å². The summed E-state index contributed by atoms with van der Waals surface area (Å²) in [6.45, 7) is 0.460. The van der Waals surface area contributed by atoms with Gasteiger partial charge in [-0.25, -0.2) is 4.79 Å². The Labute approximate surface area is 136 Å². The van der Waals surface area contributed by atoms with E-state index in [9.17, 15) is 4.79 Å². The van der Waals surface area contributed by atoms with Crippen molar-refractivity contribution in [1.29, 1.82) is 0 Å². The molecule has 2 amide bonds. The van der Waals surface area contributed by atoms with E-state index >= 15 is 0 Å². The number of hydrogen-bond donors (Lipinski definition) is 2. The highest BCUT2D eigenvalue weighted by molar-refractivity contribution is 7.11. The Morgan fingerprint density at radius 3 is 2.45 bits per heavy atom. The number of amides is 2. The Hall–Kier alpha value is -2.12. The molecule has 0 radical (unpaired) electrons. The lowest BCUT2D eigenvalue weighted by Gasteiger charge is -2.16. The van der Waals surface area contributed by atoms with Gasteiger partial charge >= 0.3 is 6.03 Å². The third-order valence-electron chi connectivity index (χ3n) is 3.14. The highest BCUT2D eigenvalue weighted by Gasteiger charge is 2.18. The largest absolute Gasteiger partial charge is 0.334 e. The Kier molecular flexibility index (Phi) is 4.55. The molecule has 0 bridgehead atoms. The second-order valence-corrected chi connectivity index (χ2v) is 6.77. The summed E-state index contributed by atoms with van der Waals surface area (Å²) in [6.07, 6.45) is 3.63. The second kappa shape index (κ2) is 6.76. The van der Waals surface area contributed by atoms with E-state index in [0.717, 1.165) is 15.3 Å². The van der Waals surface area contributed by atoms with Crippen LogP contribution in [0.2, 0.25) is 0 Å². The Morgan fingerprint density at radius 1 is 1.27 bits per heavy atom. The van der Waals surface area contributed by atoms with Gasteiger partial charge in [0.2, 0.25) is 0 Å². The molecule has 0 atom stereocenters. The topological polar surface area (TPSA) is 59.0 Å². The zero-order chi connectivity index (χ0) is 15.4. The molecule has 0 unspecified atom stereocenters. The van der Waals surface area contributed by atoms with Crippen LogP contribution in [0.15, 0.2) is 47.4 Å². The van der Waals surface area contributed by atoms with Gasteiger partial charge in [0.25, 0.3) is 0 Å². The molecule has 0 aliphatic heterocycles. The zero-order valence-electron chi connectivity index (χ0n) is 12.0. The first-order valence-electron chi connectivity index (χ1n) is 6.81. The molecule has 5 nitrogen and oxygen atoms in total. The number of thiophene rings is 2. The maximum absolute atomic E-state index is 12.2. The molecule has 0 aliphatic carbocycles. The lowest BCUT2D eigenvalue weighted by atomic mass is 10.2. The molecule has 3 aromatic rings. The summed E-state index contributed by atoms with van der Waals surface area (Å²) in [5, 5.41) is 14.0. The molecule has 0 saturated heterocycles. The fraction of sp³-hybridized carbons (Fsp3) is 0.200. The van der Waals surface area contributed by atoms with Gasteiger partial charge in [-0.2, -0.15) is 5.10 Å². The summed E-state index contributed by atoms with van der Waals surface area (Å²) in [7, 11) is 1.85. The van der Waals surface area contributed by atoms with Gasteiger partial charge in [-0.1, -0.05) is 12.1 Å². The Balaban J connectivity index is 1.64. The average Bonchev–Trinajstić information content (AvgIpc) is 3.25. The number of rotatable bonds is 5. The van der Waals surface area contributed by atoms with Gasteiger partial charge in [0.05, 0.1) is 12.2 Å². The molecule has 0 fully saturated rings. The third kappa shape index (κ3) is 3.55. The summed E-state index contributed by atoms with van der Waals surface area (Å²) in [6, 6.07) is 7.78. The van der Waals surface area contributed by atoms with Crippen LogP contribution < -0.4 is 10.6 Å². The number of aromatic nitrogens is 2. The highest BCUT2D eigenvalue weighted by Crippen LogP contribution is 2.28. The minimum atomic E-state index is -0.185. The number of hydrogen-bond acceptors (Lipinski definition) is 4. The van der Waals surface area contributed by atoms with Crippen LogP contribution in [-0.2, 0) is 13.6 Å². The van der Waals surface area contributed by atoms with Crippen molar-refractivity contribution in [1.82, 2.24) is 20.4 Å². The van der Waals surface area contributed by atoms with Gasteiger partial charge < -0.3 is 10.6 Å². The average molecular weight is 332 g/mol. The van der Waals surface area contributed by atoms with E-state index in [-0.39, 0.29) is 12.1 Å². The quantitative estimate of drug-likeness (QED) is 0.754. The standard InChI is InChI=1S/C15H16N4OS2/c1-19-10-11(9-17-19)8-16-15(20)18-14(12-4-2-6-21-12)13-5-3-7-22-13/h2-7,9-10,14H,8H2,1H3,(H2,16,18,20). The first-order valence-corrected chi connectivity index (χ1v) is 8.57. The molecule has 7 heteroatoms. The predicted octanol–water partition coefficient (Wildman–Crippen LogP) is 3.13. The second-order valence-electron chi connectivity index (χ2n) is 4.81. The third-order valence-corrected chi connectivity index (χ3v) is 5.02. The number of aryl methyl sites for hydroxylation is 1. The summed E-state index contributed by atoms with van der Waals surface area (Å²) >= 11 is 3.28. The van der Waals surface area contributed by atoms with Crippen LogP contribution in [0.3, 0.4) is 0 Å². The first-order chi connectivity index (χ1) is 10.7. The van der Waals surface area contributed by atoms with E-state index < -0.39 is 0 Å². The molecular formula is C15H16N4OS2. The molecule has 0 saturated carbocycles. The molecule has 3 rings (SSSR count). The van der Waals surface area contributed by atoms with E-state index in [1.165, 1.54) is 0 Å². The summed E-state index contributed by atoms with van der Waals surface area (Å²) < 4.78 is 1.72. The van der Waals surface area contributed by atoms with Gasteiger partial charge in [-0.15, -0.1) is 22.7 Å². The number of nitrogens with one attached hydrogen (secondary N) is 2. The molecule has 3 heterocycles. The van der Waals surface area contributed by atoms with Crippen LogP contribution in [0.5, 0.6) is 0 Å². The lowest BCUT2D eigenvalue weighted by molar-refractivity contribution is 0.238. The van der Waals surface area contributed by atoms with Crippen LogP contribution in [-0.4, -0.2) is 15.8 Å². The Morgan fingerprint density at radius 2 is 1.95 bits per heavy atom. The fourth-order valence-corrected chi connectivity index (χ4v) is 3.78. The van der Waals surface area contributed by atoms with Crippen molar-refractivity contribution in [2.24, 2.45) is 7.05 Å². The van der Waals surface area contributed by atoms with Crippen molar-refractivity contribution >= 4 is 28.7 Å². The maximum Gasteiger partial charge on any atom is 0.315 e. The molecular weight excluding hydrogens is 316 g/mol. The molecule has 22 heavy (non-hydrogen) atoms. The number of urea groups is 1. The highest BCUT2D eigenvalue weighted by atomic mass is 32.1. The van der Waals surface area contributed by atoms with E-state index in [2.05, 4.69) is 15.7 Å². The zero-order valence-corrected chi connectivity index (χ0v) is 13.7. The first kappa shape index (κ1) is 14.8. The van der Waals surface area contributed by atoms with E-state index in [0.29, 0.717) is 6.54 Å². The van der Waals surface area contributed by atoms with Crippen molar-refractivity contribution < 1.29 is 4.79 Å². The molecule has 0 spiro atoms. The molecule has 0 aromatic carbocycles. The molecule has 3 aromatic heterocycles. The molecule has 114 valence electrons.